The van der Waals surface area contributed by atoms with Crippen molar-refractivity contribution in [3.63, 3.8) is 0 Å². The van der Waals surface area contributed by atoms with E-state index in [0.29, 0.717) is 0 Å². The van der Waals surface area contributed by atoms with Crippen LogP contribution in [0.15, 0.2) is 18.2 Å². The zero-order valence-electron chi connectivity index (χ0n) is 13.7. The number of aromatic nitrogens is 1. The van der Waals surface area contributed by atoms with E-state index in [0.717, 1.165) is 47.3 Å². The molecule has 0 N–H and O–H groups in total. The molecule has 0 bridgehead atoms. The fourth-order valence-corrected chi connectivity index (χ4v) is 2.81. The van der Waals surface area contributed by atoms with Gasteiger partial charge in [-0.15, -0.1) is 0 Å². The monoisotopic (exact) mass is 287 g/mol. The lowest BCUT2D eigenvalue weighted by Crippen LogP contribution is -2.09. The largest absolute Gasteiger partial charge is 0.491 e. The molecule has 1 aromatic heterocycles. The summed E-state index contributed by atoms with van der Waals surface area (Å²) < 4.78 is 8.13. The van der Waals surface area contributed by atoms with Crippen LogP contribution in [0.2, 0.25) is 0 Å². The van der Waals surface area contributed by atoms with Gasteiger partial charge >= 0.3 is 0 Å². The second-order valence-corrected chi connectivity index (χ2v) is 5.68. The maximum atomic E-state index is 12.0. The van der Waals surface area contributed by atoms with E-state index < -0.39 is 0 Å². The molecule has 3 heteroatoms. The van der Waals surface area contributed by atoms with Crippen LogP contribution >= 0.6 is 0 Å². The first-order valence-corrected chi connectivity index (χ1v) is 7.80. The first-order chi connectivity index (χ1) is 9.99. The third-order valence-electron chi connectivity index (χ3n) is 4.01. The Morgan fingerprint density at radius 2 is 2.05 bits per heavy atom. The highest BCUT2D eigenvalue weighted by atomic mass is 16.5. The number of aryl methyl sites for hydroxylation is 1. The lowest BCUT2D eigenvalue weighted by atomic mass is 10.1. The van der Waals surface area contributed by atoms with Crippen molar-refractivity contribution in [1.29, 1.82) is 0 Å². The van der Waals surface area contributed by atoms with Crippen LogP contribution in [-0.4, -0.2) is 16.5 Å². The van der Waals surface area contributed by atoms with E-state index in [1.54, 1.807) is 6.92 Å². The Labute approximate surface area is 126 Å². The van der Waals surface area contributed by atoms with E-state index in [9.17, 15) is 4.79 Å². The van der Waals surface area contributed by atoms with Crippen molar-refractivity contribution in [2.45, 2.75) is 60.1 Å². The van der Waals surface area contributed by atoms with Gasteiger partial charge in [0.15, 0.2) is 5.78 Å². The lowest BCUT2D eigenvalue weighted by molar-refractivity contribution is 0.101. The average Bonchev–Trinajstić information content (AvgIpc) is 2.71. The number of Topliss-reactive ketones (excluding diaryl/α,β-unsaturated/α-hetero) is 1. The van der Waals surface area contributed by atoms with Crippen molar-refractivity contribution >= 4 is 16.7 Å². The summed E-state index contributed by atoms with van der Waals surface area (Å²) in [6.45, 7) is 10.9. The Morgan fingerprint density at radius 3 is 2.62 bits per heavy atom. The van der Waals surface area contributed by atoms with Crippen molar-refractivity contribution in [2.24, 2.45) is 0 Å². The molecule has 1 unspecified atom stereocenters. The molecule has 0 radical (unpaired) electrons. The van der Waals surface area contributed by atoms with Gasteiger partial charge in [0, 0.05) is 28.7 Å². The van der Waals surface area contributed by atoms with E-state index in [1.165, 1.54) is 0 Å². The lowest BCUT2D eigenvalue weighted by Gasteiger charge is -2.13. The number of carbonyl (C=O) groups excluding carboxylic acids is 1. The maximum absolute atomic E-state index is 12.0. The van der Waals surface area contributed by atoms with Gasteiger partial charge in [0.1, 0.15) is 5.75 Å². The van der Waals surface area contributed by atoms with E-state index >= 15 is 0 Å². The molecule has 0 aliphatic carbocycles. The highest BCUT2D eigenvalue weighted by molar-refractivity contribution is 6.08. The predicted molar refractivity (Wildman–Crippen MR) is 87.4 cm³/mol. The summed E-state index contributed by atoms with van der Waals surface area (Å²) in [7, 11) is 0. The van der Waals surface area contributed by atoms with Gasteiger partial charge in [-0.25, -0.2) is 0 Å². The second kappa shape index (κ2) is 6.33. The number of ketones is 1. The Bertz CT molecular complexity index is 655. The predicted octanol–water partition coefficient (Wildman–Crippen LogP) is 4.74. The minimum Gasteiger partial charge on any atom is -0.491 e. The summed E-state index contributed by atoms with van der Waals surface area (Å²) in [6, 6.07) is 6.09. The molecule has 21 heavy (non-hydrogen) atoms. The number of ether oxygens (including phenoxy) is 1. The minimum atomic E-state index is 0.119. The molecular formula is C18H25NO2. The van der Waals surface area contributed by atoms with Crippen LogP contribution in [0.25, 0.3) is 10.9 Å². The summed E-state index contributed by atoms with van der Waals surface area (Å²) in [5, 5.41) is 1.01. The maximum Gasteiger partial charge on any atom is 0.162 e. The zero-order chi connectivity index (χ0) is 15.6. The van der Waals surface area contributed by atoms with Crippen LogP contribution in [0.1, 0.15) is 56.6 Å². The Morgan fingerprint density at radius 1 is 1.33 bits per heavy atom. The van der Waals surface area contributed by atoms with Gasteiger partial charge < -0.3 is 9.30 Å². The average molecular weight is 287 g/mol. The van der Waals surface area contributed by atoms with Crippen LogP contribution in [0.5, 0.6) is 5.75 Å². The third-order valence-corrected chi connectivity index (χ3v) is 4.01. The van der Waals surface area contributed by atoms with Crippen LogP contribution in [0, 0.1) is 6.92 Å². The highest BCUT2D eigenvalue weighted by Crippen LogP contribution is 2.30. The molecule has 0 saturated heterocycles. The molecule has 1 aromatic carbocycles. The van der Waals surface area contributed by atoms with Gasteiger partial charge in [-0.3, -0.25) is 4.79 Å². The number of fused-ring (bicyclic) bond motifs is 1. The van der Waals surface area contributed by atoms with Gasteiger partial charge in [0.05, 0.1) is 6.10 Å². The van der Waals surface area contributed by atoms with E-state index in [-0.39, 0.29) is 11.9 Å². The summed E-state index contributed by atoms with van der Waals surface area (Å²) >= 11 is 0. The SMILES string of the molecule is CCCn1c(C)c(C(C)=O)c2cc(OC(C)CC)ccc21. The van der Waals surface area contributed by atoms with Crippen molar-refractivity contribution in [2.75, 3.05) is 0 Å². The molecule has 0 aliphatic rings. The molecule has 3 nitrogen and oxygen atoms in total. The fourth-order valence-electron chi connectivity index (χ4n) is 2.81. The standard InChI is InChI=1S/C18H25NO2/c1-6-10-19-13(4)18(14(5)20)16-11-15(8-9-17(16)19)21-12(3)7-2/h8-9,11-12H,6-7,10H2,1-5H3. The topological polar surface area (TPSA) is 31.2 Å². The van der Waals surface area contributed by atoms with Gasteiger partial charge in [-0.1, -0.05) is 13.8 Å². The van der Waals surface area contributed by atoms with Crippen LogP contribution in [-0.2, 0) is 6.54 Å². The highest BCUT2D eigenvalue weighted by Gasteiger charge is 2.17. The summed E-state index contributed by atoms with van der Waals surface area (Å²) in [5.41, 5.74) is 3.00. The van der Waals surface area contributed by atoms with Gasteiger partial charge in [-0.05, 0) is 51.8 Å². The van der Waals surface area contributed by atoms with E-state index in [1.807, 2.05) is 19.1 Å². The van der Waals surface area contributed by atoms with Crippen molar-refractivity contribution in [3.05, 3.63) is 29.5 Å². The molecule has 1 atom stereocenters. The zero-order valence-corrected chi connectivity index (χ0v) is 13.7. The molecule has 0 aliphatic heterocycles. The number of nitrogens with zero attached hydrogens (tertiary/aromatic N) is 1. The van der Waals surface area contributed by atoms with E-state index in [2.05, 4.69) is 31.4 Å². The Kier molecular flexibility index (Phi) is 4.71. The van der Waals surface area contributed by atoms with Crippen molar-refractivity contribution in [1.82, 2.24) is 4.57 Å². The van der Waals surface area contributed by atoms with Gasteiger partial charge in [-0.2, -0.15) is 0 Å². The van der Waals surface area contributed by atoms with Crippen LogP contribution in [0.3, 0.4) is 0 Å². The molecule has 0 fully saturated rings. The number of benzene rings is 1. The third kappa shape index (κ3) is 2.97. The van der Waals surface area contributed by atoms with Crippen LogP contribution < -0.4 is 4.74 Å². The number of carbonyl (C=O) groups is 1. The molecule has 2 rings (SSSR count). The molecule has 0 spiro atoms. The smallest absolute Gasteiger partial charge is 0.162 e. The first kappa shape index (κ1) is 15.6. The molecule has 114 valence electrons. The van der Waals surface area contributed by atoms with Crippen molar-refractivity contribution < 1.29 is 9.53 Å². The Hall–Kier alpha value is -1.77. The molecular weight excluding hydrogens is 262 g/mol. The molecule has 0 amide bonds. The fraction of sp³-hybridized carbons (Fsp3) is 0.500. The summed E-state index contributed by atoms with van der Waals surface area (Å²) in [4.78, 5) is 12.0. The van der Waals surface area contributed by atoms with E-state index in [4.69, 9.17) is 4.74 Å². The quantitative estimate of drug-likeness (QED) is 0.719. The molecule has 0 saturated carbocycles. The Balaban J connectivity index is 2.59. The van der Waals surface area contributed by atoms with Gasteiger partial charge in [0.25, 0.3) is 0 Å². The first-order valence-electron chi connectivity index (χ1n) is 7.80. The summed E-state index contributed by atoms with van der Waals surface area (Å²) in [5.74, 6) is 0.959. The van der Waals surface area contributed by atoms with Crippen molar-refractivity contribution in [3.8, 4) is 5.75 Å². The summed E-state index contributed by atoms with van der Waals surface area (Å²) in [6.07, 6.45) is 2.20. The number of hydrogen-bond acceptors (Lipinski definition) is 2. The second-order valence-electron chi connectivity index (χ2n) is 5.68. The molecule has 1 heterocycles. The minimum absolute atomic E-state index is 0.119. The van der Waals surface area contributed by atoms with Crippen LogP contribution in [0.4, 0.5) is 0 Å². The number of hydrogen-bond donors (Lipinski definition) is 0. The normalized spacial score (nSPS) is 12.6. The van der Waals surface area contributed by atoms with Gasteiger partial charge in [0.2, 0.25) is 0 Å². The molecule has 2 aromatic rings. The number of rotatable bonds is 6.